The van der Waals surface area contributed by atoms with Gasteiger partial charge in [-0.1, -0.05) is 44.2 Å². The molecule has 0 radical (unpaired) electrons. The maximum atomic E-state index is 12.9. The number of carbonyl (C=O) groups excluding carboxylic acids is 1. The van der Waals surface area contributed by atoms with Crippen LogP contribution in [-0.4, -0.2) is 17.6 Å². The Morgan fingerprint density at radius 1 is 1.12 bits per heavy atom. The molecule has 0 aliphatic rings. The van der Waals surface area contributed by atoms with Crippen LogP contribution in [0.1, 0.15) is 51.1 Å². The lowest BCUT2D eigenvalue weighted by Gasteiger charge is -2.03. The highest BCUT2D eigenvalue weighted by atomic mass is 19.1. The van der Waals surface area contributed by atoms with E-state index in [0.717, 1.165) is 18.4 Å². The van der Waals surface area contributed by atoms with Gasteiger partial charge in [0, 0.05) is 18.2 Å². The number of rotatable bonds is 10. The number of unbranched alkanes of at least 4 members (excludes halogenated alkanes) is 5. The van der Waals surface area contributed by atoms with Gasteiger partial charge in [-0.15, -0.1) is 0 Å². The van der Waals surface area contributed by atoms with E-state index in [0.29, 0.717) is 18.0 Å². The number of aromatic nitrogens is 1. The van der Waals surface area contributed by atoms with Crippen LogP contribution < -0.4 is 5.32 Å². The van der Waals surface area contributed by atoms with Crippen LogP contribution in [0.3, 0.4) is 0 Å². The SMILES string of the molecule is CCCCCCCCNC(=O)Cc1cc(-c2ccc(F)cc2)on1. The van der Waals surface area contributed by atoms with Gasteiger partial charge >= 0.3 is 0 Å². The van der Waals surface area contributed by atoms with Crippen molar-refractivity contribution in [1.82, 2.24) is 10.5 Å². The fraction of sp³-hybridized carbons (Fsp3) is 0.474. The predicted molar refractivity (Wildman–Crippen MR) is 92.0 cm³/mol. The molecule has 0 bridgehead atoms. The van der Waals surface area contributed by atoms with Crippen molar-refractivity contribution in [3.63, 3.8) is 0 Å². The number of nitrogens with zero attached hydrogens (tertiary/aromatic N) is 1. The molecule has 1 aromatic carbocycles. The van der Waals surface area contributed by atoms with E-state index in [1.807, 2.05) is 0 Å². The minimum absolute atomic E-state index is 0.0532. The van der Waals surface area contributed by atoms with Crippen LogP contribution in [0.25, 0.3) is 11.3 Å². The van der Waals surface area contributed by atoms with Gasteiger partial charge in [-0.05, 0) is 30.7 Å². The molecule has 0 saturated carbocycles. The van der Waals surface area contributed by atoms with Crippen molar-refractivity contribution in [3.8, 4) is 11.3 Å². The van der Waals surface area contributed by atoms with Crippen LogP contribution in [0.15, 0.2) is 34.9 Å². The first kappa shape index (κ1) is 18.2. The van der Waals surface area contributed by atoms with Crippen molar-refractivity contribution in [2.24, 2.45) is 0 Å². The Bertz CT molecular complexity index is 623. The van der Waals surface area contributed by atoms with Crippen molar-refractivity contribution < 1.29 is 13.7 Å². The highest BCUT2D eigenvalue weighted by Crippen LogP contribution is 2.20. The second kappa shape index (κ2) is 9.85. The molecule has 2 aromatic rings. The van der Waals surface area contributed by atoms with Crippen LogP contribution in [0, 0.1) is 5.82 Å². The summed E-state index contributed by atoms with van der Waals surface area (Å²) in [6.07, 6.45) is 7.39. The number of carbonyl (C=O) groups is 1. The molecule has 0 unspecified atom stereocenters. The lowest BCUT2D eigenvalue weighted by atomic mass is 10.1. The molecule has 0 saturated heterocycles. The molecule has 1 N–H and O–H groups in total. The zero-order valence-corrected chi connectivity index (χ0v) is 14.2. The van der Waals surface area contributed by atoms with Crippen LogP contribution in [0.4, 0.5) is 4.39 Å². The molecule has 0 atom stereocenters. The van der Waals surface area contributed by atoms with Crippen LogP contribution in [-0.2, 0) is 11.2 Å². The molecule has 24 heavy (non-hydrogen) atoms. The van der Waals surface area contributed by atoms with E-state index >= 15 is 0 Å². The third-order valence-corrected chi connectivity index (χ3v) is 3.88. The average molecular weight is 332 g/mol. The molecule has 0 aliphatic carbocycles. The molecular weight excluding hydrogens is 307 g/mol. The number of benzene rings is 1. The Labute approximate surface area is 142 Å². The first-order valence-electron chi connectivity index (χ1n) is 8.67. The molecule has 0 fully saturated rings. The smallest absolute Gasteiger partial charge is 0.226 e. The van der Waals surface area contributed by atoms with Crippen molar-refractivity contribution in [2.75, 3.05) is 6.54 Å². The monoisotopic (exact) mass is 332 g/mol. The Morgan fingerprint density at radius 2 is 1.83 bits per heavy atom. The Balaban J connectivity index is 1.70. The molecule has 5 heteroatoms. The number of hydrogen-bond donors (Lipinski definition) is 1. The first-order chi connectivity index (χ1) is 11.7. The summed E-state index contributed by atoms with van der Waals surface area (Å²) in [6.45, 7) is 2.90. The fourth-order valence-electron chi connectivity index (χ4n) is 2.51. The highest BCUT2D eigenvalue weighted by Gasteiger charge is 2.10. The molecule has 130 valence electrons. The topological polar surface area (TPSA) is 55.1 Å². The summed E-state index contributed by atoms with van der Waals surface area (Å²) in [5, 5.41) is 6.81. The van der Waals surface area contributed by atoms with Gasteiger partial charge in [-0.3, -0.25) is 4.79 Å². The fourth-order valence-corrected chi connectivity index (χ4v) is 2.51. The van der Waals surface area contributed by atoms with Crippen molar-refractivity contribution in [1.29, 1.82) is 0 Å². The standard InChI is InChI=1S/C19H25FN2O2/c1-2-3-4-5-6-7-12-21-19(23)14-17-13-18(24-22-17)15-8-10-16(20)11-9-15/h8-11,13H,2-7,12,14H2,1H3,(H,21,23). The molecule has 1 heterocycles. The van der Waals surface area contributed by atoms with Gasteiger partial charge in [-0.25, -0.2) is 4.39 Å². The molecule has 2 rings (SSSR count). The van der Waals surface area contributed by atoms with Gasteiger partial charge in [0.15, 0.2) is 5.76 Å². The van der Waals surface area contributed by atoms with Crippen molar-refractivity contribution in [2.45, 2.75) is 51.9 Å². The molecule has 1 aromatic heterocycles. The second-order valence-corrected chi connectivity index (χ2v) is 5.98. The zero-order chi connectivity index (χ0) is 17.2. The maximum absolute atomic E-state index is 12.9. The van der Waals surface area contributed by atoms with Crippen LogP contribution >= 0.6 is 0 Å². The quantitative estimate of drug-likeness (QED) is 0.652. The van der Waals surface area contributed by atoms with Gasteiger partial charge in [0.25, 0.3) is 0 Å². The van der Waals surface area contributed by atoms with Crippen molar-refractivity contribution >= 4 is 5.91 Å². The van der Waals surface area contributed by atoms with Gasteiger partial charge in [-0.2, -0.15) is 0 Å². The normalized spacial score (nSPS) is 10.8. The third-order valence-electron chi connectivity index (χ3n) is 3.88. The minimum atomic E-state index is -0.299. The maximum Gasteiger partial charge on any atom is 0.226 e. The minimum Gasteiger partial charge on any atom is -0.356 e. The Kier molecular flexibility index (Phi) is 7.46. The van der Waals surface area contributed by atoms with E-state index in [1.165, 1.54) is 37.8 Å². The summed E-state index contributed by atoms with van der Waals surface area (Å²) in [4.78, 5) is 11.9. The largest absolute Gasteiger partial charge is 0.356 e. The summed E-state index contributed by atoms with van der Waals surface area (Å²) in [5.41, 5.74) is 1.32. The molecular formula is C19H25FN2O2. The highest BCUT2D eigenvalue weighted by molar-refractivity contribution is 5.78. The van der Waals surface area contributed by atoms with E-state index in [2.05, 4.69) is 17.4 Å². The van der Waals surface area contributed by atoms with Gasteiger partial charge in [0.2, 0.25) is 5.91 Å². The number of halogens is 1. The van der Waals surface area contributed by atoms with Crippen LogP contribution in [0.5, 0.6) is 0 Å². The average Bonchev–Trinajstić information content (AvgIpc) is 3.03. The third kappa shape index (κ3) is 6.14. The van der Waals surface area contributed by atoms with E-state index in [1.54, 1.807) is 18.2 Å². The van der Waals surface area contributed by atoms with Gasteiger partial charge in [0.1, 0.15) is 5.82 Å². The summed E-state index contributed by atoms with van der Waals surface area (Å²) < 4.78 is 18.1. The summed E-state index contributed by atoms with van der Waals surface area (Å²) in [6, 6.07) is 7.70. The molecule has 4 nitrogen and oxygen atoms in total. The molecule has 0 spiro atoms. The lowest BCUT2D eigenvalue weighted by molar-refractivity contribution is -0.120. The number of hydrogen-bond acceptors (Lipinski definition) is 3. The van der Waals surface area contributed by atoms with E-state index in [-0.39, 0.29) is 18.1 Å². The van der Waals surface area contributed by atoms with E-state index in [9.17, 15) is 9.18 Å². The Hall–Kier alpha value is -2.17. The lowest BCUT2D eigenvalue weighted by Crippen LogP contribution is -2.26. The first-order valence-corrected chi connectivity index (χ1v) is 8.67. The van der Waals surface area contributed by atoms with E-state index in [4.69, 9.17) is 4.52 Å². The number of nitrogens with one attached hydrogen (secondary N) is 1. The van der Waals surface area contributed by atoms with Crippen LogP contribution in [0.2, 0.25) is 0 Å². The Morgan fingerprint density at radius 3 is 2.58 bits per heavy atom. The number of amides is 1. The van der Waals surface area contributed by atoms with Gasteiger partial charge in [0.05, 0.1) is 12.1 Å². The summed E-state index contributed by atoms with van der Waals surface area (Å²) >= 11 is 0. The second-order valence-electron chi connectivity index (χ2n) is 5.98. The van der Waals surface area contributed by atoms with Gasteiger partial charge < -0.3 is 9.84 Å². The predicted octanol–water partition coefficient (Wildman–Crippen LogP) is 4.50. The summed E-state index contributed by atoms with van der Waals surface area (Å²) in [5.74, 6) is 0.184. The van der Waals surface area contributed by atoms with E-state index < -0.39 is 0 Å². The molecule has 1 amide bonds. The zero-order valence-electron chi connectivity index (χ0n) is 14.2. The van der Waals surface area contributed by atoms with Crippen molar-refractivity contribution in [3.05, 3.63) is 41.8 Å². The summed E-state index contributed by atoms with van der Waals surface area (Å²) in [7, 11) is 0. The molecule has 0 aliphatic heterocycles.